The Labute approximate surface area is 432 Å². The van der Waals surface area contributed by atoms with Crippen LogP contribution in [0.5, 0.6) is 34.5 Å². The van der Waals surface area contributed by atoms with Crippen molar-refractivity contribution in [3.8, 4) is 34.5 Å². The highest BCUT2D eigenvalue weighted by atomic mass is 16.5. The van der Waals surface area contributed by atoms with Crippen molar-refractivity contribution in [2.45, 2.75) is 90.6 Å². The number of fused-ring (bicyclic) bond motifs is 1. The Bertz CT molecular complexity index is 2720. The van der Waals surface area contributed by atoms with E-state index in [1.165, 1.54) is 22.8 Å². The minimum absolute atomic E-state index is 0.0594. The summed E-state index contributed by atoms with van der Waals surface area (Å²) in [6, 6.07) is 27.8. The number of hydrogen-bond donors (Lipinski definition) is 2. The number of aryl methyl sites for hydroxylation is 2. The molecule has 0 radical (unpaired) electrons. The standard InChI is InChI=1S/C31H38N2O3.C30H35NO6/c1-5-6-13-25(26-19-27-20-28(35-3)16-17-29(27)30(21-26)36-4)14-8-15-31(34)33-23(2)10-7-11-24-12-9-18-32-22-24;1-21(8-6-9-22-16-17-37-20-22)31-30(32)11-7-10-25(23-12-14-26(33-2)28(18-23)35-4)24-13-15-27(34-3)29(19-24)36-5/h8-9,12,14-23H,5-7,10-11,13H2,1-4H3,(H,33,34);7,10-21H,6,8-9H2,1-5H3,(H,31,32)/b15-8+,25-14+;11-7+/t23-;21-/m11/s1. The van der Waals surface area contributed by atoms with Gasteiger partial charge in [0.15, 0.2) is 23.0 Å². The number of nitrogens with one attached hydrogen (secondary N) is 2. The molecule has 2 aromatic heterocycles. The molecule has 0 saturated carbocycles. The highest BCUT2D eigenvalue weighted by molar-refractivity contribution is 5.93. The van der Waals surface area contributed by atoms with Crippen LogP contribution >= 0.6 is 0 Å². The minimum Gasteiger partial charge on any atom is -0.497 e. The van der Waals surface area contributed by atoms with Crippen molar-refractivity contribution < 1.29 is 42.4 Å². The lowest BCUT2D eigenvalue weighted by Crippen LogP contribution is -2.31. The van der Waals surface area contributed by atoms with E-state index in [0.717, 1.165) is 102 Å². The van der Waals surface area contributed by atoms with Gasteiger partial charge in [-0.2, -0.15) is 0 Å². The van der Waals surface area contributed by atoms with Crippen LogP contribution in [0.4, 0.5) is 0 Å². The average Bonchev–Trinajstić information content (AvgIpc) is 3.94. The molecule has 4 aromatic carbocycles. The van der Waals surface area contributed by atoms with E-state index < -0.39 is 0 Å². The fraction of sp³-hybridized carbons (Fsp3) is 0.328. The third-order valence-corrected chi connectivity index (χ3v) is 12.2. The van der Waals surface area contributed by atoms with Crippen LogP contribution in [0, 0.1) is 0 Å². The summed E-state index contributed by atoms with van der Waals surface area (Å²) in [5, 5.41) is 8.21. The number of rotatable bonds is 26. The quantitative estimate of drug-likeness (QED) is 0.0399. The van der Waals surface area contributed by atoms with Crippen molar-refractivity contribution in [3.05, 3.63) is 174 Å². The van der Waals surface area contributed by atoms with E-state index in [1.54, 1.807) is 73.5 Å². The van der Waals surface area contributed by atoms with Gasteiger partial charge < -0.3 is 43.5 Å². The summed E-state index contributed by atoms with van der Waals surface area (Å²) in [7, 11) is 9.77. The highest BCUT2D eigenvalue weighted by Gasteiger charge is 2.14. The third-order valence-electron chi connectivity index (χ3n) is 12.2. The zero-order chi connectivity index (χ0) is 52.4. The van der Waals surface area contributed by atoms with Crippen LogP contribution in [0.3, 0.4) is 0 Å². The number of benzene rings is 4. The fourth-order valence-electron chi connectivity index (χ4n) is 8.27. The van der Waals surface area contributed by atoms with Crippen LogP contribution in [-0.2, 0) is 22.4 Å². The zero-order valence-corrected chi connectivity index (χ0v) is 44.0. The van der Waals surface area contributed by atoms with Gasteiger partial charge in [-0.25, -0.2) is 0 Å². The number of hydrogen-bond acceptors (Lipinski definition) is 10. The van der Waals surface area contributed by atoms with Crippen LogP contribution in [0.25, 0.3) is 21.9 Å². The van der Waals surface area contributed by atoms with Crippen LogP contribution in [0.15, 0.2) is 151 Å². The second-order valence-corrected chi connectivity index (χ2v) is 17.6. The number of allylic oxidation sites excluding steroid dienone is 5. The SMILES string of the molecule is CCCC/C(=C\C=C\C(=O)N[C@H](C)CCCc1cccnc1)c1cc(OC)c2ccc(OC)cc2c1.COc1ccc(C(=C/C=C/C(=O)N[C@H](C)CCCc2ccoc2)c2ccc(OC)c(OC)c2)cc1OC. The Morgan fingerprint density at radius 3 is 1.74 bits per heavy atom. The molecule has 12 nitrogen and oxygen atoms in total. The fourth-order valence-corrected chi connectivity index (χ4v) is 8.27. The van der Waals surface area contributed by atoms with Crippen LogP contribution < -0.4 is 39.1 Å². The van der Waals surface area contributed by atoms with Gasteiger partial charge in [0.2, 0.25) is 11.8 Å². The Balaban J connectivity index is 0.000000271. The normalized spacial score (nSPS) is 12.1. The molecule has 0 unspecified atom stereocenters. The summed E-state index contributed by atoms with van der Waals surface area (Å²) < 4.78 is 38.0. The van der Waals surface area contributed by atoms with Crippen molar-refractivity contribution in [1.82, 2.24) is 15.6 Å². The summed E-state index contributed by atoms with van der Waals surface area (Å²) in [6.07, 6.45) is 26.6. The van der Waals surface area contributed by atoms with Crippen molar-refractivity contribution in [2.24, 2.45) is 0 Å². The zero-order valence-electron chi connectivity index (χ0n) is 44.0. The number of methoxy groups -OCH3 is 6. The molecule has 6 aromatic rings. The van der Waals surface area contributed by atoms with E-state index in [0.29, 0.717) is 23.0 Å². The molecule has 2 amide bonds. The Morgan fingerprint density at radius 1 is 0.616 bits per heavy atom. The molecular weight excluding hydrogens is 919 g/mol. The molecule has 2 heterocycles. The van der Waals surface area contributed by atoms with Gasteiger partial charge in [0.05, 0.1) is 55.2 Å². The van der Waals surface area contributed by atoms with Gasteiger partial charge >= 0.3 is 0 Å². The van der Waals surface area contributed by atoms with Crippen molar-refractivity contribution in [3.63, 3.8) is 0 Å². The van der Waals surface area contributed by atoms with Crippen LogP contribution in [-0.4, -0.2) is 71.5 Å². The van der Waals surface area contributed by atoms with E-state index in [4.69, 9.17) is 32.8 Å². The Morgan fingerprint density at radius 2 is 1.21 bits per heavy atom. The summed E-state index contributed by atoms with van der Waals surface area (Å²) in [4.78, 5) is 29.2. The van der Waals surface area contributed by atoms with Gasteiger partial charge in [-0.3, -0.25) is 14.6 Å². The molecule has 0 aliphatic carbocycles. The number of unbranched alkanes of at least 4 members (excludes halogenated alkanes) is 1. The molecule has 0 spiro atoms. The van der Waals surface area contributed by atoms with Crippen molar-refractivity contribution in [2.75, 3.05) is 42.7 Å². The van der Waals surface area contributed by atoms with Gasteiger partial charge in [0.25, 0.3) is 0 Å². The summed E-state index contributed by atoms with van der Waals surface area (Å²) in [5.41, 5.74) is 7.32. The van der Waals surface area contributed by atoms with E-state index in [-0.39, 0.29) is 23.9 Å². The monoisotopic (exact) mass is 992 g/mol. The van der Waals surface area contributed by atoms with E-state index in [9.17, 15) is 9.59 Å². The van der Waals surface area contributed by atoms with E-state index in [1.807, 2.05) is 105 Å². The number of carbonyl (C=O) groups excluding carboxylic acids is 2. The first-order valence-electron chi connectivity index (χ1n) is 24.9. The molecule has 2 atom stereocenters. The van der Waals surface area contributed by atoms with Gasteiger partial charge in [-0.1, -0.05) is 55.8 Å². The van der Waals surface area contributed by atoms with Gasteiger partial charge in [-0.15, -0.1) is 0 Å². The van der Waals surface area contributed by atoms with E-state index in [2.05, 4.69) is 40.7 Å². The van der Waals surface area contributed by atoms with Crippen LogP contribution in [0.1, 0.15) is 93.5 Å². The molecule has 2 N–H and O–H groups in total. The lowest BCUT2D eigenvalue weighted by atomic mass is 9.96. The topological polar surface area (TPSA) is 140 Å². The molecule has 73 heavy (non-hydrogen) atoms. The lowest BCUT2D eigenvalue weighted by Gasteiger charge is -2.14. The number of pyridine rings is 1. The molecule has 6 rings (SSSR count). The number of nitrogens with zero attached hydrogens (tertiary/aromatic N) is 1. The second kappa shape index (κ2) is 30.2. The van der Waals surface area contributed by atoms with Gasteiger partial charge in [0, 0.05) is 42.0 Å². The molecule has 0 bridgehead atoms. The molecule has 0 aliphatic heterocycles. The van der Waals surface area contributed by atoms with Gasteiger partial charge in [-0.05, 0) is 176 Å². The number of amides is 2. The average molecular weight is 992 g/mol. The maximum Gasteiger partial charge on any atom is 0.244 e. The predicted molar refractivity (Wildman–Crippen MR) is 293 cm³/mol. The number of furan rings is 1. The highest BCUT2D eigenvalue weighted by Crippen LogP contribution is 2.37. The first kappa shape index (κ1) is 56.2. The maximum absolute atomic E-state index is 12.6. The van der Waals surface area contributed by atoms with Crippen molar-refractivity contribution in [1.29, 1.82) is 0 Å². The number of carbonyl (C=O) groups is 2. The maximum atomic E-state index is 12.6. The summed E-state index contributed by atoms with van der Waals surface area (Å²) in [5.74, 6) is 3.90. The molecule has 0 aliphatic rings. The first-order chi connectivity index (χ1) is 35.5. The third kappa shape index (κ3) is 17.8. The minimum atomic E-state index is -0.147. The number of ether oxygens (including phenoxy) is 6. The molecule has 0 saturated heterocycles. The van der Waals surface area contributed by atoms with Crippen LogP contribution in [0.2, 0.25) is 0 Å². The van der Waals surface area contributed by atoms with Crippen molar-refractivity contribution >= 4 is 33.7 Å². The smallest absolute Gasteiger partial charge is 0.244 e. The largest absolute Gasteiger partial charge is 0.497 e. The molecule has 386 valence electrons. The summed E-state index contributed by atoms with van der Waals surface area (Å²) >= 11 is 0. The second-order valence-electron chi connectivity index (χ2n) is 17.6. The Kier molecular flexibility index (Phi) is 23.3. The Hall–Kier alpha value is -7.73. The van der Waals surface area contributed by atoms with Gasteiger partial charge in [0.1, 0.15) is 11.5 Å². The molecule has 0 fully saturated rings. The lowest BCUT2D eigenvalue weighted by molar-refractivity contribution is -0.117. The molecular formula is C61H73N3O9. The molecule has 12 heteroatoms. The summed E-state index contributed by atoms with van der Waals surface area (Å²) in [6.45, 7) is 6.24. The first-order valence-corrected chi connectivity index (χ1v) is 24.9. The van der Waals surface area contributed by atoms with E-state index >= 15 is 0 Å². The predicted octanol–water partition coefficient (Wildman–Crippen LogP) is 12.7. The number of aromatic nitrogens is 1.